The van der Waals surface area contributed by atoms with Gasteiger partial charge >= 0.3 is 0 Å². The van der Waals surface area contributed by atoms with Gasteiger partial charge in [0.05, 0.1) is 0 Å². The van der Waals surface area contributed by atoms with Crippen LogP contribution in [0.4, 0.5) is 0 Å². The summed E-state index contributed by atoms with van der Waals surface area (Å²) >= 11 is 0. The van der Waals surface area contributed by atoms with E-state index >= 15 is 0 Å². The Morgan fingerprint density at radius 1 is 1.56 bits per heavy atom. The molecular formula is C2H4N4O2S. The maximum absolute atomic E-state index is 10.3. The molecule has 1 aliphatic heterocycles. The molecule has 0 saturated heterocycles. The van der Waals surface area contributed by atoms with Crippen molar-refractivity contribution in [2.75, 3.05) is 0 Å². The number of primary sulfonamides is 1. The third-order valence-electron chi connectivity index (χ3n) is 0.705. The SMILES string of the molecule is NS(=O)(=O)[C@@H]1N=CN=N1. The fraction of sp³-hybridized carbons (Fsp3) is 0.500. The molecule has 0 bridgehead atoms. The maximum atomic E-state index is 10.3. The van der Waals surface area contributed by atoms with Crippen LogP contribution in [0.15, 0.2) is 15.2 Å². The minimum absolute atomic E-state index is 1.05. The smallest absolute Gasteiger partial charge is 0.227 e. The summed E-state index contributed by atoms with van der Waals surface area (Å²) in [7, 11) is -3.66. The zero-order valence-corrected chi connectivity index (χ0v) is 5.11. The van der Waals surface area contributed by atoms with Crippen LogP contribution in [0, 0.1) is 0 Å². The number of azo groups is 1. The van der Waals surface area contributed by atoms with Crippen molar-refractivity contribution in [3.8, 4) is 0 Å². The first-order valence-corrected chi connectivity index (χ1v) is 3.65. The van der Waals surface area contributed by atoms with E-state index in [1.807, 2.05) is 0 Å². The molecule has 50 valence electrons. The lowest BCUT2D eigenvalue weighted by atomic mass is 11.2. The van der Waals surface area contributed by atoms with Gasteiger partial charge in [0.25, 0.3) is 15.5 Å². The first-order valence-electron chi connectivity index (χ1n) is 2.04. The Bertz CT molecular complexity index is 240. The fourth-order valence-corrected chi connectivity index (χ4v) is 0.764. The van der Waals surface area contributed by atoms with Crippen LogP contribution in [0.5, 0.6) is 0 Å². The molecule has 0 fully saturated rings. The second-order valence-electron chi connectivity index (χ2n) is 1.41. The Morgan fingerprint density at radius 3 is 2.44 bits per heavy atom. The predicted octanol–water partition coefficient (Wildman–Crippen LogP) is -0.947. The molecule has 0 aliphatic carbocycles. The van der Waals surface area contributed by atoms with Crippen LogP contribution < -0.4 is 5.14 Å². The molecule has 0 aromatic carbocycles. The average Bonchev–Trinajstić information content (AvgIpc) is 2.08. The average molecular weight is 148 g/mol. The van der Waals surface area contributed by atoms with E-state index in [-0.39, 0.29) is 0 Å². The molecule has 0 radical (unpaired) electrons. The zero-order chi connectivity index (χ0) is 6.91. The molecule has 0 saturated carbocycles. The molecule has 0 spiro atoms. The fourth-order valence-electron chi connectivity index (χ4n) is 0.354. The van der Waals surface area contributed by atoms with Crippen molar-refractivity contribution in [2.45, 2.75) is 5.50 Å². The molecule has 2 N–H and O–H groups in total. The Labute approximate surface area is 51.5 Å². The molecule has 0 aromatic rings. The highest BCUT2D eigenvalue weighted by Crippen LogP contribution is 2.03. The van der Waals surface area contributed by atoms with E-state index in [1.54, 1.807) is 0 Å². The van der Waals surface area contributed by atoms with E-state index in [9.17, 15) is 8.42 Å². The summed E-state index contributed by atoms with van der Waals surface area (Å²) in [5.74, 6) is 0. The lowest BCUT2D eigenvalue weighted by Gasteiger charge is -1.94. The van der Waals surface area contributed by atoms with Gasteiger partial charge in [0.1, 0.15) is 6.34 Å². The molecule has 1 aliphatic rings. The van der Waals surface area contributed by atoms with Crippen molar-refractivity contribution < 1.29 is 8.42 Å². The molecule has 0 unspecified atom stereocenters. The summed E-state index contributed by atoms with van der Waals surface area (Å²) in [5, 5.41) is 11.0. The Kier molecular flexibility index (Phi) is 1.29. The lowest BCUT2D eigenvalue weighted by molar-refractivity contribution is 0.585. The number of nitrogens with zero attached hydrogens (tertiary/aromatic N) is 3. The van der Waals surface area contributed by atoms with Crippen LogP contribution in [0.1, 0.15) is 0 Å². The van der Waals surface area contributed by atoms with Crippen molar-refractivity contribution in [2.24, 2.45) is 20.4 Å². The highest BCUT2D eigenvalue weighted by molar-refractivity contribution is 7.89. The number of nitrogens with two attached hydrogens (primary N) is 1. The second kappa shape index (κ2) is 1.85. The van der Waals surface area contributed by atoms with E-state index in [0.717, 1.165) is 6.34 Å². The highest BCUT2D eigenvalue weighted by atomic mass is 32.2. The number of hydrogen-bond acceptors (Lipinski definition) is 5. The predicted molar refractivity (Wildman–Crippen MR) is 30.2 cm³/mol. The van der Waals surface area contributed by atoms with Crippen LogP contribution in [-0.4, -0.2) is 20.3 Å². The molecule has 0 amide bonds. The van der Waals surface area contributed by atoms with Crippen molar-refractivity contribution in [3.63, 3.8) is 0 Å². The van der Waals surface area contributed by atoms with Crippen molar-refractivity contribution in [1.82, 2.24) is 0 Å². The summed E-state index contributed by atoms with van der Waals surface area (Å²) in [4.78, 5) is 3.34. The summed E-state index contributed by atoms with van der Waals surface area (Å²) in [6, 6.07) is 0. The second-order valence-corrected chi connectivity index (χ2v) is 3.01. The van der Waals surface area contributed by atoms with Gasteiger partial charge in [0, 0.05) is 0 Å². The molecule has 1 heterocycles. The number of rotatable bonds is 1. The van der Waals surface area contributed by atoms with E-state index in [0.29, 0.717) is 0 Å². The summed E-state index contributed by atoms with van der Waals surface area (Å²) in [6.07, 6.45) is 1.05. The van der Waals surface area contributed by atoms with E-state index in [2.05, 4.69) is 20.4 Å². The monoisotopic (exact) mass is 148 g/mol. The molecule has 9 heavy (non-hydrogen) atoms. The largest absolute Gasteiger partial charge is 0.276 e. The maximum Gasteiger partial charge on any atom is 0.276 e. The van der Waals surface area contributed by atoms with E-state index in [1.165, 1.54) is 0 Å². The van der Waals surface area contributed by atoms with Gasteiger partial charge in [-0.05, 0) is 0 Å². The minimum Gasteiger partial charge on any atom is -0.227 e. The van der Waals surface area contributed by atoms with Crippen LogP contribution >= 0.6 is 0 Å². The van der Waals surface area contributed by atoms with Gasteiger partial charge in [0.15, 0.2) is 0 Å². The summed E-state index contributed by atoms with van der Waals surface area (Å²) in [5.41, 5.74) is -1.21. The highest BCUT2D eigenvalue weighted by Gasteiger charge is 2.20. The number of sulfonamides is 1. The Balaban J connectivity index is 2.90. The van der Waals surface area contributed by atoms with Gasteiger partial charge < -0.3 is 0 Å². The third-order valence-corrected chi connectivity index (χ3v) is 1.51. The Morgan fingerprint density at radius 2 is 2.22 bits per heavy atom. The quantitative estimate of drug-likeness (QED) is 0.518. The molecule has 0 aromatic heterocycles. The summed E-state index contributed by atoms with van der Waals surface area (Å²) < 4.78 is 20.7. The molecule has 6 nitrogen and oxygen atoms in total. The van der Waals surface area contributed by atoms with Gasteiger partial charge in [-0.1, -0.05) is 0 Å². The van der Waals surface area contributed by atoms with Crippen LogP contribution in [-0.2, 0) is 10.0 Å². The topological polar surface area (TPSA) is 97.2 Å². The Hall–Kier alpha value is -0.820. The molecular weight excluding hydrogens is 144 g/mol. The van der Waals surface area contributed by atoms with Crippen molar-refractivity contribution >= 4 is 16.4 Å². The van der Waals surface area contributed by atoms with E-state index < -0.39 is 15.5 Å². The van der Waals surface area contributed by atoms with Crippen molar-refractivity contribution in [3.05, 3.63) is 0 Å². The normalized spacial score (nSPS) is 25.2. The number of aliphatic imine (C=N–C) groups is 1. The van der Waals surface area contributed by atoms with Gasteiger partial charge in [-0.15, -0.1) is 10.2 Å². The third kappa shape index (κ3) is 1.30. The number of hydrogen-bond donors (Lipinski definition) is 1. The van der Waals surface area contributed by atoms with Crippen LogP contribution in [0.25, 0.3) is 0 Å². The van der Waals surface area contributed by atoms with Crippen LogP contribution in [0.2, 0.25) is 0 Å². The minimum atomic E-state index is -3.66. The van der Waals surface area contributed by atoms with Gasteiger partial charge in [0.2, 0.25) is 0 Å². The van der Waals surface area contributed by atoms with Crippen molar-refractivity contribution in [1.29, 1.82) is 0 Å². The first kappa shape index (κ1) is 6.30. The molecule has 1 atom stereocenters. The summed E-state index contributed by atoms with van der Waals surface area (Å²) in [6.45, 7) is 0. The van der Waals surface area contributed by atoms with Crippen LogP contribution in [0.3, 0.4) is 0 Å². The lowest BCUT2D eigenvalue weighted by Crippen LogP contribution is -2.23. The van der Waals surface area contributed by atoms with Gasteiger partial charge in [-0.25, -0.2) is 18.5 Å². The molecule has 1 rings (SSSR count). The van der Waals surface area contributed by atoms with Gasteiger partial charge in [-0.2, -0.15) is 0 Å². The van der Waals surface area contributed by atoms with Gasteiger partial charge in [-0.3, -0.25) is 0 Å². The standard InChI is InChI=1S/C2H4N4O2S/c3-9(7,8)2-4-1-5-6-2/h1-2H,(H2,3,7,8)/t2-/m1/s1. The molecule has 7 heteroatoms. The first-order chi connectivity index (χ1) is 4.11. The zero-order valence-electron chi connectivity index (χ0n) is 4.30. The van der Waals surface area contributed by atoms with E-state index in [4.69, 9.17) is 0 Å².